The van der Waals surface area contributed by atoms with Gasteiger partial charge < -0.3 is 9.47 Å². The molecule has 1 aliphatic carbocycles. The van der Waals surface area contributed by atoms with Gasteiger partial charge in [0.1, 0.15) is 12.6 Å². The van der Waals surface area contributed by atoms with E-state index in [2.05, 4.69) is 29.0 Å². The number of esters is 1. The molecule has 0 aromatic heterocycles. The van der Waals surface area contributed by atoms with Crippen molar-refractivity contribution in [3.8, 4) is 11.1 Å². The van der Waals surface area contributed by atoms with Crippen LogP contribution in [0.25, 0.3) is 11.1 Å². The molecule has 0 aliphatic heterocycles. The predicted molar refractivity (Wildman–Crippen MR) is 94.3 cm³/mol. The van der Waals surface area contributed by atoms with Crippen molar-refractivity contribution in [3.05, 3.63) is 59.7 Å². The van der Waals surface area contributed by atoms with Gasteiger partial charge in [-0.3, -0.25) is 4.90 Å². The fourth-order valence-electron chi connectivity index (χ4n) is 3.18. The Morgan fingerprint density at radius 1 is 1.04 bits per heavy atom. The molecular weight excluding hydrogens is 318 g/mol. The molecule has 5 heteroatoms. The highest BCUT2D eigenvalue weighted by molar-refractivity contribution is 5.81. The van der Waals surface area contributed by atoms with Crippen molar-refractivity contribution < 1.29 is 19.1 Å². The average molecular weight is 339 g/mol. The van der Waals surface area contributed by atoms with Crippen molar-refractivity contribution in [1.82, 2.24) is 4.90 Å². The topological polar surface area (TPSA) is 55.8 Å². The molecule has 3 rings (SSSR count). The summed E-state index contributed by atoms with van der Waals surface area (Å²) in [6.45, 7) is 1.83. The molecular formula is C20H21NO4. The predicted octanol–water partition coefficient (Wildman–Crippen LogP) is 3.43. The fraction of sp³-hybridized carbons (Fsp3) is 0.300. The molecule has 0 fully saturated rings. The summed E-state index contributed by atoms with van der Waals surface area (Å²) in [5.41, 5.74) is 4.66. The lowest BCUT2D eigenvalue weighted by atomic mass is 9.98. The highest BCUT2D eigenvalue weighted by atomic mass is 16.6. The Kier molecular flexibility index (Phi) is 4.74. The molecule has 0 N–H and O–H groups in total. The maximum absolute atomic E-state index is 12.3. The molecule has 1 atom stereocenters. The minimum atomic E-state index is -0.694. The van der Waals surface area contributed by atoms with E-state index in [9.17, 15) is 9.59 Å². The maximum Gasteiger partial charge on any atom is 0.410 e. The summed E-state index contributed by atoms with van der Waals surface area (Å²) in [7, 11) is 2.82. The first-order valence-electron chi connectivity index (χ1n) is 8.20. The number of carbonyl (C=O) groups excluding carboxylic acids is 2. The second-order valence-corrected chi connectivity index (χ2v) is 6.11. The van der Waals surface area contributed by atoms with Crippen molar-refractivity contribution in [3.63, 3.8) is 0 Å². The Morgan fingerprint density at radius 3 is 2.08 bits per heavy atom. The highest BCUT2D eigenvalue weighted by Crippen LogP contribution is 2.44. The Hall–Kier alpha value is -2.82. The number of methoxy groups -OCH3 is 1. The van der Waals surface area contributed by atoms with Crippen LogP contribution in [0.15, 0.2) is 48.5 Å². The standard InChI is InChI=1S/C20H21NO4/c1-13(19(22)24-3)21(2)20(23)25-12-18-16-10-6-4-8-14(16)15-9-5-7-11-17(15)18/h4-11,13,18H,12H2,1-3H3/t13-/m0/s1. The molecule has 0 bridgehead atoms. The molecule has 0 saturated carbocycles. The summed E-state index contributed by atoms with van der Waals surface area (Å²) < 4.78 is 10.2. The van der Waals surface area contributed by atoms with E-state index < -0.39 is 18.1 Å². The van der Waals surface area contributed by atoms with Crippen LogP contribution in [0.1, 0.15) is 24.0 Å². The number of likely N-dealkylation sites (N-methyl/N-ethyl adjacent to an activating group) is 1. The van der Waals surface area contributed by atoms with Crippen LogP contribution in [0.4, 0.5) is 4.79 Å². The lowest BCUT2D eigenvalue weighted by Crippen LogP contribution is -2.41. The van der Waals surface area contributed by atoms with Crippen LogP contribution in [0.5, 0.6) is 0 Å². The van der Waals surface area contributed by atoms with Gasteiger partial charge >= 0.3 is 12.1 Å². The molecule has 0 heterocycles. The van der Waals surface area contributed by atoms with Crippen molar-refractivity contribution in [2.75, 3.05) is 20.8 Å². The van der Waals surface area contributed by atoms with Crippen LogP contribution >= 0.6 is 0 Å². The number of amides is 1. The first kappa shape index (κ1) is 17.0. The Bertz CT molecular complexity index is 756. The van der Waals surface area contributed by atoms with Gasteiger partial charge in [-0.05, 0) is 29.2 Å². The first-order chi connectivity index (χ1) is 12.0. The zero-order valence-electron chi connectivity index (χ0n) is 14.6. The van der Waals surface area contributed by atoms with Gasteiger partial charge in [0, 0.05) is 13.0 Å². The molecule has 1 amide bonds. The molecule has 0 saturated heterocycles. The normalized spacial score (nSPS) is 13.6. The second kappa shape index (κ2) is 6.97. The molecule has 0 unspecified atom stereocenters. The van der Waals surface area contributed by atoms with Gasteiger partial charge in [-0.2, -0.15) is 0 Å². The zero-order chi connectivity index (χ0) is 18.0. The lowest BCUT2D eigenvalue weighted by Gasteiger charge is -2.23. The molecule has 0 radical (unpaired) electrons. The SMILES string of the molecule is COC(=O)[C@H](C)N(C)C(=O)OCC1c2ccccc2-c2ccccc21. The van der Waals surface area contributed by atoms with Gasteiger partial charge in [0.25, 0.3) is 0 Å². The molecule has 0 spiro atoms. The van der Waals surface area contributed by atoms with Crippen LogP contribution in [0.2, 0.25) is 0 Å². The summed E-state index contributed by atoms with van der Waals surface area (Å²) in [6.07, 6.45) is -0.542. The summed E-state index contributed by atoms with van der Waals surface area (Å²) in [6, 6.07) is 15.6. The van der Waals surface area contributed by atoms with Gasteiger partial charge in [-0.15, -0.1) is 0 Å². The third kappa shape index (κ3) is 3.09. The van der Waals surface area contributed by atoms with Crippen LogP contribution in [-0.2, 0) is 14.3 Å². The number of hydrogen-bond acceptors (Lipinski definition) is 4. The van der Waals surface area contributed by atoms with Crippen LogP contribution < -0.4 is 0 Å². The fourth-order valence-corrected chi connectivity index (χ4v) is 3.18. The summed E-state index contributed by atoms with van der Waals surface area (Å²) in [5.74, 6) is -0.478. The van der Waals surface area contributed by atoms with E-state index in [-0.39, 0.29) is 12.5 Å². The van der Waals surface area contributed by atoms with E-state index in [1.165, 1.54) is 30.2 Å². The molecule has 1 aliphatic rings. The molecule has 2 aromatic carbocycles. The minimum Gasteiger partial charge on any atom is -0.467 e. The third-order valence-corrected chi connectivity index (χ3v) is 4.75. The van der Waals surface area contributed by atoms with E-state index in [1.54, 1.807) is 6.92 Å². The first-order valence-corrected chi connectivity index (χ1v) is 8.20. The molecule has 2 aromatic rings. The Balaban J connectivity index is 1.75. The van der Waals surface area contributed by atoms with Crippen molar-refractivity contribution in [2.24, 2.45) is 0 Å². The van der Waals surface area contributed by atoms with E-state index in [0.717, 1.165) is 11.1 Å². The second-order valence-electron chi connectivity index (χ2n) is 6.11. The highest BCUT2D eigenvalue weighted by Gasteiger charge is 2.30. The number of carbonyl (C=O) groups is 2. The number of fused-ring (bicyclic) bond motifs is 3. The van der Waals surface area contributed by atoms with Crippen LogP contribution in [-0.4, -0.2) is 43.8 Å². The van der Waals surface area contributed by atoms with E-state index in [0.29, 0.717) is 0 Å². The smallest absolute Gasteiger partial charge is 0.410 e. The van der Waals surface area contributed by atoms with Gasteiger partial charge in [0.05, 0.1) is 7.11 Å². The van der Waals surface area contributed by atoms with Gasteiger partial charge in [0.2, 0.25) is 0 Å². The van der Waals surface area contributed by atoms with Crippen LogP contribution in [0.3, 0.4) is 0 Å². The van der Waals surface area contributed by atoms with Gasteiger partial charge in [0.15, 0.2) is 0 Å². The molecule has 25 heavy (non-hydrogen) atoms. The van der Waals surface area contributed by atoms with Crippen molar-refractivity contribution in [1.29, 1.82) is 0 Å². The average Bonchev–Trinajstić information content (AvgIpc) is 2.98. The van der Waals surface area contributed by atoms with Crippen LogP contribution in [0, 0.1) is 0 Å². The molecule has 5 nitrogen and oxygen atoms in total. The quantitative estimate of drug-likeness (QED) is 0.801. The van der Waals surface area contributed by atoms with E-state index in [1.807, 2.05) is 24.3 Å². The number of nitrogens with zero attached hydrogens (tertiary/aromatic N) is 1. The zero-order valence-corrected chi connectivity index (χ0v) is 14.6. The van der Waals surface area contributed by atoms with E-state index in [4.69, 9.17) is 4.74 Å². The Morgan fingerprint density at radius 2 is 1.56 bits per heavy atom. The number of rotatable bonds is 4. The number of hydrogen-bond donors (Lipinski definition) is 0. The van der Waals surface area contributed by atoms with Gasteiger partial charge in [-0.1, -0.05) is 48.5 Å². The monoisotopic (exact) mass is 339 g/mol. The summed E-state index contributed by atoms with van der Waals surface area (Å²) in [5, 5.41) is 0. The maximum atomic E-state index is 12.3. The summed E-state index contributed by atoms with van der Waals surface area (Å²) >= 11 is 0. The van der Waals surface area contributed by atoms with Crippen molar-refractivity contribution >= 4 is 12.1 Å². The van der Waals surface area contributed by atoms with E-state index >= 15 is 0 Å². The Labute approximate surface area is 147 Å². The minimum absolute atomic E-state index is 0.00168. The number of ether oxygens (including phenoxy) is 2. The largest absolute Gasteiger partial charge is 0.467 e. The third-order valence-electron chi connectivity index (χ3n) is 4.75. The summed E-state index contributed by atoms with van der Waals surface area (Å²) in [4.78, 5) is 25.1. The lowest BCUT2D eigenvalue weighted by molar-refractivity contribution is -0.145. The van der Waals surface area contributed by atoms with Crippen molar-refractivity contribution in [2.45, 2.75) is 18.9 Å². The molecule has 130 valence electrons. The number of benzene rings is 2. The van der Waals surface area contributed by atoms with Gasteiger partial charge in [-0.25, -0.2) is 9.59 Å².